The number of nitrogens with zero attached hydrogens (tertiary/aromatic N) is 2. The molecule has 0 radical (unpaired) electrons. The van der Waals surface area contributed by atoms with Gasteiger partial charge in [-0.05, 0) is 22.0 Å². The Balaban J connectivity index is 2.23. The van der Waals surface area contributed by atoms with Crippen LogP contribution in [0.4, 0.5) is 0 Å². The van der Waals surface area contributed by atoms with E-state index in [4.69, 9.17) is 19.4 Å². The van der Waals surface area contributed by atoms with Crippen LogP contribution in [0.25, 0.3) is 11.5 Å². The first kappa shape index (κ1) is 11.3. The van der Waals surface area contributed by atoms with Crippen molar-refractivity contribution in [1.82, 2.24) is 10.1 Å². The van der Waals surface area contributed by atoms with Crippen LogP contribution in [0.5, 0.6) is 0 Å². The van der Waals surface area contributed by atoms with Crippen LogP contribution in [-0.2, 0) is 4.74 Å². The molecule has 2 aromatic heterocycles. The molecule has 6 nitrogen and oxygen atoms in total. The molecule has 0 amide bonds. The molecule has 0 saturated carbocycles. The molecule has 86 valence electrons. The number of hydrogen-bond acceptors (Lipinski definition) is 6. The highest BCUT2D eigenvalue weighted by molar-refractivity contribution is 9.10. The van der Waals surface area contributed by atoms with Crippen LogP contribution in [0.2, 0.25) is 0 Å². The van der Waals surface area contributed by atoms with Gasteiger partial charge in [0, 0.05) is 7.11 Å². The number of halogens is 1. The number of aromatic nitrogens is 2. The Morgan fingerprint density at radius 2 is 2.44 bits per heavy atom. The maximum Gasteiger partial charge on any atom is 0.262 e. The largest absolute Gasteiger partial charge is 0.457 e. The molecule has 2 N–H and O–H groups in total. The molecule has 2 heterocycles. The molecule has 0 bridgehead atoms. The molecule has 2 rings (SSSR count). The van der Waals surface area contributed by atoms with Crippen molar-refractivity contribution in [2.24, 2.45) is 5.73 Å². The number of furan rings is 1. The topological polar surface area (TPSA) is 87.3 Å². The molecular weight excluding hydrogens is 278 g/mol. The van der Waals surface area contributed by atoms with E-state index in [1.165, 1.54) is 6.26 Å². The van der Waals surface area contributed by atoms with Crippen LogP contribution in [-0.4, -0.2) is 23.9 Å². The van der Waals surface area contributed by atoms with Crippen molar-refractivity contribution in [2.45, 2.75) is 6.04 Å². The first-order valence-corrected chi connectivity index (χ1v) is 5.33. The van der Waals surface area contributed by atoms with Crippen molar-refractivity contribution in [1.29, 1.82) is 0 Å². The second-order valence-electron chi connectivity index (χ2n) is 3.13. The van der Waals surface area contributed by atoms with E-state index in [9.17, 15) is 0 Å². The Hall–Kier alpha value is -1.18. The van der Waals surface area contributed by atoms with Gasteiger partial charge in [0.25, 0.3) is 5.89 Å². The average Bonchev–Trinajstić information content (AvgIpc) is 2.86. The van der Waals surface area contributed by atoms with Gasteiger partial charge in [0.15, 0.2) is 10.5 Å². The van der Waals surface area contributed by atoms with Crippen LogP contribution >= 0.6 is 15.9 Å². The standard InChI is InChI=1S/C9H10BrN3O3/c1-14-4-6(11)8-12-9(16-13-8)5-2-3-15-7(5)10/h2-3,6H,4,11H2,1H3. The Morgan fingerprint density at radius 1 is 1.62 bits per heavy atom. The van der Waals surface area contributed by atoms with E-state index in [2.05, 4.69) is 26.1 Å². The molecular formula is C9H10BrN3O3. The lowest BCUT2D eigenvalue weighted by Crippen LogP contribution is -2.17. The maximum atomic E-state index is 5.77. The summed E-state index contributed by atoms with van der Waals surface area (Å²) in [6.45, 7) is 0.339. The summed E-state index contributed by atoms with van der Waals surface area (Å²) in [5.74, 6) is 0.770. The van der Waals surface area contributed by atoms with E-state index in [0.29, 0.717) is 28.6 Å². The molecule has 0 fully saturated rings. The number of nitrogens with two attached hydrogens (primary N) is 1. The van der Waals surface area contributed by atoms with Gasteiger partial charge in [-0.3, -0.25) is 0 Å². The molecule has 16 heavy (non-hydrogen) atoms. The van der Waals surface area contributed by atoms with Gasteiger partial charge in [0.05, 0.1) is 24.5 Å². The maximum absolute atomic E-state index is 5.77. The smallest absolute Gasteiger partial charge is 0.262 e. The number of ether oxygens (including phenoxy) is 1. The summed E-state index contributed by atoms with van der Waals surface area (Å²) in [5, 5.41) is 3.78. The van der Waals surface area contributed by atoms with Crippen molar-refractivity contribution in [3.63, 3.8) is 0 Å². The van der Waals surface area contributed by atoms with Gasteiger partial charge >= 0.3 is 0 Å². The Bertz CT molecular complexity index is 468. The van der Waals surface area contributed by atoms with Crippen LogP contribution < -0.4 is 5.73 Å². The molecule has 0 aliphatic carbocycles. The molecule has 0 aromatic carbocycles. The van der Waals surface area contributed by atoms with E-state index < -0.39 is 6.04 Å². The normalized spacial score (nSPS) is 12.9. The van der Waals surface area contributed by atoms with Crippen LogP contribution in [0.15, 0.2) is 25.9 Å². The fourth-order valence-corrected chi connectivity index (χ4v) is 1.60. The van der Waals surface area contributed by atoms with Crippen LogP contribution in [0.3, 0.4) is 0 Å². The fraction of sp³-hybridized carbons (Fsp3) is 0.333. The lowest BCUT2D eigenvalue weighted by Gasteiger charge is -2.02. The molecule has 1 atom stereocenters. The zero-order valence-electron chi connectivity index (χ0n) is 8.51. The summed E-state index contributed by atoms with van der Waals surface area (Å²) in [4.78, 5) is 4.16. The lowest BCUT2D eigenvalue weighted by molar-refractivity contribution is 0.177. The molecule has 2 aromatic rings. The van der Waals surface area contributed by atoms with Gasteiger partial charge in [-0.2, -0.15) is 4.98 Å². The van der Waals surface area contributed by atoms with Gasteiger partial charge in [-0.25, -0.2) is 0 Å². The summed E-state index contributed by atoms with van der Waals surface area (Å²) in [5.41, 5.74) is 6.46. The van der Waals surface area contributed by atoms with Gasteiger partial charge in [0.2, 0.25) is 0 Å². The zero-order valence-corrected chi connectivity index (χ0v) is 10.1. The zero-order chi connectivity index (χ0) is 11.5. The van der Waals surface area contributed by atoms with Crippen molar-refractivity contribution < 1.29 is 13.7 Å². The van der Waals surface area contributed by atoms with E-state index in [-0.39, 0.29) is 0 Å². The molecule has 1 unspecified atom stereocenters. The third kappa shape index (κ3) is 2.16. The monoisotopic (exact) mass is 287 g/mol. The predicted octanol–water partition coefficient (Wildman–Crippen LogP) is 1.74. The van der Waals surface area contributed by atoms with Gasteiger partial charge in [-0.15, -0.1) is 0 Å². The minimum atomic E-state index is -0.395. The first-order valence-electron chi connectivity index (χ1n) is 4.54. The number of hydrogen-bond donors (Lipinski definition) is 1. The first-order chi connectivity index (χ1) is 7.72. The fourth-order valence-electron chi connectivity index (χ4n) is 1.20. The van der Waals surface area contributed by atoms with Crippen LogP contribution in [0.1, 0.15) is 11.9 Å². The minimum Gasteiger partial charge on any atom is -0.457 e. The van der Waals surface area contributed by atoms with Gasteiger partial charge in [-0.1, -0.05) is 5.16 Å². The quantitative estimate of drug-likeness (QED) is 0.922. The Kier molecular flexibility index (Phi) is 3.37. The van der Waals surface area contributed by atoms with E-state index >= 15 is 0 Å². The highest BCUT2D eigenvalue weighted by Gasteiger charge is 2.17. The Morgan fingerprint density at radius 3 is 3.06 bits per heavy atom. The number of methoxy groups -OCH3 is 1. The SMILES string of the molecule is COCC(N)c1noc(-c2ccoc2Br)n1. The van der Waals surface area contributed by atoms with Crippen molar-refractivity contribution in [3.05, 3.63) is 22.8 Å². The third-order valence-electron chi connectivity index (χ3n) is 1.97. The second kappa shape index (κ2) is 4.77. The molecule has 0 aliphatic rings. The number of rotatable bonds is 4. The third-order valence-corrected chi connectivity index (χ3v) is 2.58. The second-order valence-corrected chi connectivity index (χ2v) is 3.85. The van der Waals surface area contributed by atoms with Gasteiger partial charge in [0.1, 0.15) is 0 Å². The summed E-state index contributed by atoms with van der Waals surface area (Å²) in [6.07, 6.45) is 1.53. The van der Waals surface area contributed by atoms with Gasteiger partial charge < -0.3 is 19.4 Å². The van der Waals surface area contributed by atoms with E-state index in [1.807, 2.05) is 0 Å². The van der Waals surface area contributed by atoms with Crippen molar-refractivity contribution in [3.8, 4) is 11.5 Å². The molecule has 7 heteroatoms. The lowest BCUT2D eigenvalue weighted by atomic mass is 10.3. The van der Waals surface area contributed by atoms with Crippen LogP contribution in [0, 0.1) is 0 Å². The highest BCUT2D eigenvalue weighted by atomic mass is 79.9. The Labute approximate surface area is 99.9 Å². The van der Waals surface area contributed by atoms with Crippen molar-refractivity contribution >= 4 is 15.9 Å². The average molecular weight is 288 g/mol. The summed E-state index contributed by atoms with van der Waals surface area (Å²) < 4.78 is 15.6. The van der Waals surface area contributed by atoms with E-state index in [0.717, 1.165) is 0 Å². The summed E-state index contributed by atoms with van der Waals surface area (Å²) >= 11 is 3.23. The predicted molar refractivity (Wildman–Crippen MR) is 58.5 cm³/mol. The highest BCUT2D eigenvalue weighted by Crippen LogP contribution is 2.28. The van der Waals surface area contributed by atoms with E-state index in [1.54, 1.807) is 13.2 Å². The molecule has 0 spiro atoms. The summed E-state index contributed by atoms with van der Waals surface area (Å²) in [7, 11) is 1.56. The summed E-state index contributed by atoms with van der Waals surface area (Å²) in [6, 6.07) is 1.33. The minimum absolute atomic E-state index is 0.339. The molecule has 0 saturated heterocycles. The van der Waals surface area contributed by atoms with Crippen molar-refractivity contribution in [2.75, 3.05) is 13.7 Å². The molecule has 0 aliphatic heterocycles.